The molecule has 0 N–H and O–H groups in total. The second-order valence-electron chi connectivity index (χ2n) is 7.02. The highest BCUT2D eigenvalue weighted by Crippen LogP contribution is 2.25. The van der Waals surface area contributed by atoms with Crippen LogP contribution in [0.15, 0.2) is 48.7 Å². The monoisotopic (exact) mass is 351 g/mol. The maximum atomic E-state index is 13.1. The zero-order valence-electron chi connectivity index (χ0n) is 15.6. The largest absolute Gasteiger partial charge is 0.325 e. The predicted octanol–water partition coefficient (Wildman–Crippen LogP) is 3.47. The van der Waals surface area contributed by atoms with E-state index in [1.807, 2.05) is 18.2 Å². The fourth-order valence-electron chi connectivity index (χ4n) is 3.35. The van der Waals surface area contributed by atoms with Gasteiger partial charge in [0.15, 0.2) is 0 Å². The molecule has 3 rings (SSSR count). The molecular weight excluding hydrogens is 326 g/mol. The van der Waals surface area contributed by atoms with Crippen LogP contribution in [0.2, 0.25) is 0 Å². The molecular formula is C21H25N3O2. The summed E-state index contributed by atoms with van der Waals surface area (Å²) in [5.74, 6) is 0.172. The first-order valence-corrected chi connectivity index (χ1v) is 9.08. The number of amides is 2. The number of hydrogen-bond donors (Lipinski definition) is 0. The van der Waals surface area contributed by atoms with Gasteiger partial charge in [0.2, 0.25) is 5.91 Å². The van der Waals surface area contributed by atoms with Crippen LogP contribution in [-0.4, -0.2) is 41.3 Å². The Morgan fingerprint density at radius 2 is 2.00 bits per heavy atom. The standard InChI is InChI=1S/C21H25N3O2/c1-15(2)16-8-6-9-17(14-16)23(3)21(26)19-11-7-13-24(19)20(25)18-10-4-5-12-22-18/h4-6,8-10,12,14-15,19H,7,11,13H2,1-3H3/t19-/m0/s1. The SMILES string of the molecule is CC(C)c1cccc(N(C)C(=O)[C@@H]2CCCN2C(=O)c2ccccn2)c1. The number of nitrogens with zero attached hydrogens (tertiary/aromatic N) is 3. The number of pyridine rings is 1. The Kier molecular flexibility index (Phi) is 5.35. The van der Waals surface area contributed by atoms with Crippen LogP contribution in [0.3, 0.4) is 0 Å². The first kappa shape index (κ1) is 18.1. The van der Waals surface area contributed by atoms with E-state index in [-0.39, 0.29) is 11.8 Å². The molecule has 1 atom stereocenters. The Morgan fingerprint density at radius 3 is 2.69 bits per heavy atom. The summed E-state index contributed by atoms with van der Waals surface area (Å²) in [7, 11) is 1.78. The van der Waals surface area contributed by atoms with Crippen LogP contribution < -0.4 is 4.90 Å². The molecule has 1 aliphatic rings. The summed E-state index contributed by atoms with van der Waals surface area (Å²) in [5.41, 5.74) is 2.44. The van der Waals surface area contributed by atoms with Gasteiger partial charge in [-0.2, -0.15) is 0 Å². The van der Waals surface area contributed by atoms with Crippen LogP contribution in [0, 0.1) is 0 Å². The third-order valence-electron chi connectivity index (χ3n) is 4.94. The lowest BCUT2D eigenvalue weighted by Crippen LogP contribution is -2.47. The topological polar surface area (TPSA) is 53.5 Å². The van der Waals surface area contributed by atoms with Crippen molar-refractivity contribution >= 4 is 17.5 Å². The molecule has 1 fully saturated rings. The number of anilines is 1. The molecule has 5 nitrogen and oxygen atoms in total. The van der Waals surface area contributed by atoms with Gasteiger partial charge in [-0.25, -0.2) is 0 Å². The maximum Gasteiger partial charge on any atom is 0.273 e. The number of benzene rings is 1. The van der Waals surface area contributed by atoms with E-state index in [1.165, 1.54) is 5.56 Å². The molecule has 0 radical (unpaired) electrons. The lowest BCUT2D eigenvalue weighted by molar-refractivity contribution is -0.121. The average Bonchev–Trinajstić information content (AvgIpc) is 3.16. The summed E-state index contributed by atoms with van der Waals surface area (Å²) in [6, 6.07) is 12.8. The van der Waals surface area contributed by atoms with Gasteiger partial charge in [0, 0.05) is 25.5 Å². The quantitative estimate of drug-likeness (QED) is 0.847. The summed E-state index contributed by atoms with van der Waals surface area (Å²) in [6.07, 6.45) is 3.12. The molecule has 0 spiro atoms. The van der Waals surface area contributed by atoms with Crippen LogP contribution in [-0.2, 0) is 4.79 Å². The normalized spacial score (nSPS) is 16.8. The van der Waals surface area contributed by atoms with Gasteiger partial charge < -0.3 is 9.80 Å². The van der Waals surface area contributed by atoms with Gasteiger partial charge >= 0.3 is 0 Å². The number of likely N-dealkylation sites (N-methyl/N-ethyl adjacent to an activating group) is 1. The van der Waals surface area contributed by atoms with Crippen LogP contribution in [0.1, 0.15) is 48.7 Å². The van der Waals surface area contributed by atoms with Crippen molar-refractivity contribution in [3.63, 3.8) is 0 Å². The maximum absolute atomic E-state index is 13.1. The van der Waals surface area contributed by atoms with E-state index < -0.39 is 6.04 Å². The van der Waals surface area contributed by atoms with Crippen molar-refractivity contribution in [2.75, 3.05) is 18.5 Å². The molecule has 2 heterocycles. The summed E-state index contributed by atoms with van der Waals surface area (Å²) in [5, 5.41) is 0. The van der Waals surface area contributed by atoms with E-state index in [0.29, 0.717) is 24.6 Å². The minimum atomic E-state index is -0.433. The Labute approximate surface area is 154 Å². The van der Waals surface area contributed by atoms with E-state index in [1.54, 1.807) is 41.2 Å². The highest BCUT2D eigenvalue weighted by Gasteiger charge is 2.36. The highest BCUT2D eigenvalue weighted by molar-refractivity contribution is 6.01. The molecule has 1 aliphatic heterocycles. The molecule has 0 aliphatic carbocycles. The van der Waals surface area contributed by atoms with Crippen molar-refractivity contribution < 1.29 is 9.59 Å². The van der Waals surface area contributed by atoms with Gasteiger partial charge in [0.05, 0.1) is 0 Å². The lowest BCUT2D eigenvalue weighted by atomic mass is 10.0. The molecule has 26 heavy (non-hydrogen) atoms. The van der Waals surface area contributed by atoms with Gasteiger partial charge in [-0.15, -0.1) is 0 Å². The smallest absolute Gasteiger partial charge is 0.273 e. The zero-order chi connectivity index (χ0) is 18.7. The van der Waals surface area contributed by atoms with E-state index in [2.05, 4.69) is 24.9 Å². The number of hydrogen-bond acceptors (Lipinski definition) is 3. The van der Waals surface area contributed by atoms with E-state index in [0.717, 1.165) is 12.1 Å². The second kappa shape index (κ2) is 7.68. The zero-order valence-corrected chi connectivity index (χ0v) is 15.6. The van der Waals surface area contributed by atoms with Crippen molar-refractivity contribution in [1.82, 2.24) is 9.88 Å². The summed E-state index contributed by atoms with van der Waals surface area (Å²) >= 11 is 0. The molecule has 0 unspecified atom stereocenters. The third kappa shape index (κ3) is 3.62. The van der Waals surface area contributed by atoms with E-state index in [9.17, 15) is 9.59 Å². The van der Waals surface area contributed by atoms with E-state index in [4.69, 9.17) is 0 Å². The Bertz CT molecular complexity index is 789. The molecule has 1 saturated heterocycles. The molecule has 2 amide bonds. The van der Waals surface area contributed by atoms with Crippen molar-refractivity contribution in [2.45, 2.75) is 38.6 Å². The Morgan fingerprint density at radius 1 is 1.19 bits per heavy atom. The molecule has 136 valence electrons. The van der Waals surface area contributed by atoms with Crippen molar-refractivity contribution in [3.05, 3.63) is 59.9 Å². The minimum Gasteiger partial charge on any atom is -0.325 e. The van der Waals surface area contributed by atoms with Gasteiger partial charge in [0.1, 0.15) is 11.7 Å². The molecule has 1 aromatic heterocycles. The number of carbonyl (C=O) groups is 2. The number of carbonyl (C=O) groups excluding carboxylic acids is 2. The Balaban J connectivity index is 1.80. The molecule has 0 bridgehead atoms. The molecule has 5 heteroatoms. The fraction of sp³-hybridized carbons (Fsp3) is 0.381. The van der Waals surface area contributed by atoms with Crippen LogP contribution in [0.25, 0.3) is 0 Å². The molecule has 1 aromatic carbocycles. The first-order chi connectivity index (χ1) is 12.5. The van der Waals surface area contributed by atoms with Gasteiger partial charge in [-0.3, -0.25) is 14.6 Å². The predicted molar refractivity (Wildman–Crippen MR) is 102 cm³/mol. The second-order valence-corrected chi connectivity index (χ2v) is 7.02. The first-order valence-electron chi connectivity index (χ1n) is 9.08. The van der Waals surface area contributed by atoms with Crippen LogP contribution in [0.4, 0.5) is 5.69 Å². The van der Waals surface area contributed by atoms with Gasteiger partial charge in [-0.1, -0.05) is 32.0 Å². The number of likely N-dealkylation sites (tertiary alicyclic amines) is 1. The lowest BCUT2D eigenvalue weighted by Gasteiger charge is -2.28. The van der Waals surface area contributed by atoms with Gasteiger partial charge in [-0.05, 0) is 48.6 Å². The summed E-state index contributed by atoms with van der Waals surface area (Å²) in [4.78, 5) is 33.3. The van der Waals surface area contributed by atoms with Crippen molar-refractivity contribution in [3.8, 4) is 0 Å². The molecule has 0 saturated carbocycles. The fourth-order valence-corrected chi connectivity index (χ4v) is 3.35. The van der Waals surface area contributed by atoms with Crippen LogP contribution in [0.5, 0.6) is 0 Å². The van der Waals surface area contributed by atoms with Crippen LogP contribution >= 0.6 is 0 Å². The van der Waals surface area contributed by atoms with Crippen molar-refractivity contribution in [2.24, 2.45) is 0 Å². The summed E-state index contributed by atoms with van der Waals surface area (Å²) < 4.78 is 0. The minimum absolute atomic E-state index is 0.0484. The number of aromatic nitrogens is 1. The highest BCUT2D eigenvalue weighted by atomic mass is 16.2. The van der Waals surface area contributed by atoms with Crippen molar-refractivity contribution in [1.29, 1.82) is 0 Å². The third-order valence-corrected chi connectivity index (χ3v) is 4.94. The molecule has 2 aromatic rings. The van der Waals surface area contributed by atoms with Gasteiger partial charge in [0.25, 0.3) is 5.91 Å². The summed E-state index contributed by atoms with van der Waals surface area (Å²) in [6.45, 7) is 4.85. The van der Waals surface area contributed by atoms with E-state index >= 15 is 0 Å². The Hall–Kier alpha value is -2.69. The average molecular weight is 351 g/mol. The number of rotatable bonds is 4.